The fourth-order valence-electron chi connectivity index (χ4n) is 2.33. The third-order valence-electron chi connectivity index (χ3n) is 3.35. The molecule has 1 atom stereocenters. The lowest BCUT2D eigenvalue weighted by Gasteiger charge is -2.14. The SMILES string of the molecule is CCCC(CCN)CCC(=O)Nc1nnc(CC(C)C)s1. The molecule has 6 heteroatoms. The number of rotatable bonds is 10. The van der Waals surface area contributed by atoms with Gasteiger partial charge in [0.1, 0.15) is 5.01 Å². The maximum absolute atomic E-state index is 12.0. The molecule has 3 N–H and O–H groups in total. The van der Waals surface area contributed by atoms with Crippen LogP contribution < -0.4 is 11.1 Å². The molecule has 120 valence electrons. The summed E-state index contributed by atoms with van der Waals surface area (Å²) >= 11 is 1.47. The number of anilines is 1. The highest BCUT2D eigenvalue weighted by Crippen LogP contribution is 2.20. The van der Waals surface area contributed by atoms with Crippen LogP contribution in [0.2, 0.25) is 0 Å². The van der Waals surface area contributed by atoms with Gasteiger partial charge in [-0.25, -0.2) is 0 Å². The van der Waals surface area contributed by atoms with Gasteiger partial charge in [0.2, 0.25) is 11.0 Å². The van der Waals surface area contributed by atoms with Gasteiger partial charge in [-0.05, 0) is 31.2 Å². The molecule has 21 heavy (non-hydrogen) atoms. The monoisotopic (exact) mass is 312 g/mol. The second-order valence-electron chi connectivity index (χ2n) is 5.92. The number of hydrogen-bond donors (Lipinski definition) is 2. The molecular weight excluding hydrogens is 284 g/mol. The Labute approximate surface area is 131 Å². The summed E-state index contributed by atoms with van der Waals surface area (Å²) in [5.41, 5.74) is 5.61. The number of nitrogens with one attached hydrogen (secondary N) is 1. The van der Waals surface area contributed by atoms with Crippen molar-refractivity contribution in [3.05, 3.63) is 5.01 Å². The summed E-state index contributed by atoms with van der Waals surface area (Å²) in [6.45, 7) is 7.15. The molecule has 1 rings (SSSR count). The first kappa shape index (κ1) is 18.0. The summed E-state index contributed by atoms with van der Waals surface area (Å²) in [7, 11) is 0. The smallest absolute Gasteiger partial charge is 0.226 e. The highest BCUT2D eigenvalue weighted by Gasteiger charge is 2.12. The highest BCUT2D eigenvalue weighted by atomic mass is 32.1. The summed E-state index contributed by atoms with van der Waals surface area (Å²) in [4.78, 5) is 12.0. The lowest BCUT2D eigenvalue weighted by Crippen LogP contribution is -2.15. The first-order chi connectivity index (χ1) is 10.0. The van der Waals surface area contributed by atoms with Crippen LogP contribution in [-0.4, -0.2) is 22.6 Å². The molecule has 0 spiro atoms. The standard InChI is InChI=1S/C15H28N4OS/c1-4-5-12(8-9-16)6-7-13(20)17-15-19-18-14(21-15)10-11(2)3/h11-12H,4-10,16H2,1-3H3,(H,17,19,20). The topological polar surface area (TPSA) is 80.9 Å². The van der Waals surface area contributed by atoms with Crippen molar-refractivity contribution < 1.29 is 4.79 Å². The van der Waals surface area contributed by atoms with E-state index in [9.17, 15) is 4.79 Å². The number of amides is 1. The van der Waals surface area contributed by atoms with E-state index in [4.69, 9.17) is 5.73 Å². The molecule has 1 unspecified atom stereocenters. The van der Waals surface area contributed by atoms with E-state index >= 15 is 0 Å². The molecule has 0 aromatic carbocycles. The Morgan fingerprint density at radius 1 is 1.29 bits per heavy atom. The van der Waals surface area contributed by atoms with Crippen molar-refractivity contribution in [2.45, 2.75) is 59.3 Å². The van der Waals surface area contributed by atoms with E-state index in [1.165, 1.54) is 11.3 Å². The van der Waals surface area contributed by atoms with Crippen LogP contribution in [0.3, 0.4) is 0 Å². The zero-order valence-corrected chi connectivity index (χ0v) is 14.2. The number of carbonyl (C=O) groups is 1. The predicted octanol–water partition coefficient (Wildman–Crippen LogP) is 3.22. The van der Waals surface area contributed by atoms with Gasteiger partial charge in [-0.15, -0.1) is 10.2 Å². The van der Waals surface area contributed by atoms with Crippen molar-refractivity contribution in [3.8, 4) is 0 Å². The van der Waals surface area contributed by atoms with Gasteiger partial charge in [0.25, 0.3) is 0 Å². The zero-order valence-electron chi connectivity index (χ0n) is 13.4. The van der Waals surface area contributed by atoms with Gasteiger partial charge < -0.3 is 11.1 Å². The van der Waals surface area contributed by atoms with Crippen LogP contribution in [0.4, 0.5) is 5.13 Å². The normalized spacial score (nSPS) is 12.6. The van der Waals surface area contributed by atoms with Gasteiger partial charge >= 0.3 is 0 Å². The fraction of sp³-hybridized carbons (Fsp3) is 0.800. The molecule has 0 saturated heterocycles. The lowest BCUT2D eigenvalue weighted by molar-refractivity contribution is -0.116. The van der Waals surface area contributed by atoms with Gasteiger partial charge in [0.05, 0.1) is 0 Å². The predicted molar refractivity (Wildman–Crippen MR) is 88.4 cm³/mol. The van der Waals surface area contributed by atoms with E-state index in [0.717, 1.165) is 37.1 Å². The second-order valence-corrected chi connectivity index (χ2v) is 6.98. The molecule has 1 aromatic rings. The van der Waals surface area contributed by atoms with Crippen LogP contribution in [0.25, 0.3) is 0 Å². The molecular formula is C15H28N4OS. The van der Waals surface area contributed by atoms with Crippen molar-refractivity contribution >= 4 is 22.4 Å². The van der Waals surface area contributed by atoms with Crippen LogP contribution in [0.5, 0.6) is 0 Å². The van der Waals surface area contributed by atoms with E-state index in [0.29, 0.717) is 29.9 Å². The Bertz CT molecular complexity index is 414. The third kappa shape index (κ3) is 7.52. The molecule has 5 nitrogen and oxygen atoms in total. The number of carbonyl (C=O) groups excluding carboxylic acids is 1. The Morgan fingerprint density at radius 2 is 2.05 bits per heavy atom. The zero-order chi connectivity index (χ0) is 15.7. The molecule has 0 bridgehead atoms. The fourth-order valence-corrected chi connectivity index (χ4v) is 3.30. The number of hydrogen-bond acceptors (Lipinski definition) is 5. The van der Waals surface area contributed by atoms with Gasteiger partial charge in [-0.1, -0.05) is 44.9 Å². The molecule has 0 aliphatic rings. The molecule has 0 radical (unpaired) electrons. The van der Waals surface area contributed by atoms with Gasteiger partial charge in [0.15, 0.2) is 0 Å². The van der Waals surface area contributed by atoms with E-state index in [1.807, 2.05) is 0 Å². The lowest BCUT2D eigenvalue weighted by atomic mass is 9.94. The maximum Gasteiger partial charge on any atom is 0.226 e. The molecule has 1 amide bonds. The van der Waals surface area contributed by atoms with Crippen molar-refractivity contribution in [1.82, 2.24) is 10.2 Å². The highest BCUT2D eigenvalue weighted by molar-refractivity contribution is 7.15. The van der Waals surface area contributed by atoms with Crippen LogP contribution in [-0.2, 0) is 11.2 Å². The molecule has 1 heterocycles. The van der Waals surface area contributed by atoms with Gasteiger partial charge in [-0.2, -0.15) is 0 Å². The average Bonchev–Trinajstić information content (AvgIpc) is 2.83. The Kier molecular flexibility index (Phi) is 8.45. The molecule has 0 aliphatic carbocycles. The van der Waals surface area contributed by atoms with Crippen LogP contribution in [0.15, 0.2) is 0 Å². The van der Waals surface area contributed by atoms with Gasteiger partial charge in [0, 0.05) is 12.8 Å². The summed E-state index contributed by atoms with van der Waals surface area (Å²) < 4.78 is 0. The maximum atomic E-state index is 12.0. The minimum absolute atomic E-state index is 0.0281. The Morgan fingerprint density at radius 3 is 2.67 bits per heavy atom. The van der Waals surface area contributed by atoms with Crippen molar-refractivity contribution in [2.75, 3.05) is 11.9 Å². The first-order valence-corrected chi connectivity index (χ1v) is 8.69. The van der Waals surface area contributed by atoms with E-state index in [2.05, 4.69) is 36.3 Å². The summed E-state index contributed by atoms with van der Waals surface area (Å²) in [6, 6.07) is 0. The average molecular weight is 312 g/mol. The van der Waals surface area contributed by atoms with E-state index in [1.54, 1.807) is 0 Å². The molecule has 0 saturated carbocycles. The minimum atomic E-state index is 0.0281. The van der Waals surface area contributed by atoms with Crippen molar-refractivity contribution in [1.29, 1.82) is 0 Å². The molecule has 1 aromatic heterocycles. The second kappa shape index (κ2) is 9.84. The van der Waals surface area contributed by atoms with Gasteiger partial charge in [-0.3, -0.25) is 4.79 Å². The van der Waals surface area contributed by atoms with E-state index in [-0.39, 0.29) is 5.91 Å². The Hall–Kier alpha value is -1.01. The van der Waals surface area contributed by atoms with Crippen LogP contribution in [0.1, 0.15) is 57.9 Å². The largest absolute Gasteiger partial charge is 0.330 e. The Balaban J connectivity index is 2.37. The number of nitrogens with two attached hydrogens (primary N) is 1. The third-order valence-corrected chi connectivity index (χ3v) is 4.21. The van der Waals surface area contributed by atoms with Crippen molar-refractivity contribution in [2.24, 2.45) is 17.6 Å². The van der Waals surface area contributed by atoms with Crippen molar-refractivity contribution in [3.63, 3.8) is 0 Å². The summed E-state index contributed by atoms with van der Waals surface area (Å²) in [6.07, 6.45) is 5.61. The number of nitrogens with zero attached hydrogens (tertiary/aromatic N) is 2. The summed E-state index contributed by atoms with van der Waals surface area (Å²) in [5, 5.41) is 12.6. The van der Waals surface area contributed by atoms with E-state index < -0.39 is 0 Å². The first-order valence-electron chi connectivity index (χ1n) is 7.87. The minimum Gasteiger partial charge on any atom is -0.330 e. The van der Waals surface area contributed by atoms with Crippen LogP contribution in [0, 0.1) is 11.8 Å². The quantitative estimate of drug-likeness (QED) is 0.695. The molecule has 0 fully saturated rings. The number of aromatic nitrogens is 2. The molecule has 0 aliphatic heterocycles. The van der Waals surface area contributed by atoms with Crippen LogP contribution >= 0.6 is 11.3 Å². The summed E-state index contributed by atoms with van der Waals surface area (Å²) in [5.74, 6) is 1.13.